The van der Waals surface area contributed by atoms with E-state index in [1.807, 2.05) is 0 Å². The lowest BCUT2D eigenvalue weighted by Gasteiger charge is -2.23. The number of phenolic OH excluding ortho intramolecular Hbond substituents is 1. The lowest BCUT2D eigenvalue weighted by molar-refractivity contribution is -0.143. The molecule has 2 aromatic carbocycles. The Hall–Kier alpha value is -3.37. The highest BCUT2D eigenvalue weighted by molar-refractivity contribution is 5.66. The number of hydrogen-bond donors (Lipinski definition) is 2. The number of esters is 1. The van der Waals surface area contributed by atoms with E-state index in [0.29, 0.717) is 28.4 Å². The number of aromatic hydroxyl groups is 1. The molecular weight excluding hydrogens is 448 g/mol. The van der Waals surface area contributed by atoms with E-state index < -0.39 is 30.0 Å². The van der Waals surface area contributed by atoms with E-state index in [-0.39, 0.29) is 37.3 Å². The Labute approximate surface area is 196 Å². The van der Waals surface area contributed by atoms with Crippen LogP contribution in [0.3, 0.4) is 0 Å². The number of carbonyl (C=O) groups is 1. The topological polar surface area (TPSA) is 122 Å². The highest BCUT2D eigenvalue weighted by atomic mass is 16.7. The predicted octanol–water partition coefficient (Wildman–Crippen LogP) is 2.75. The minimum absolute atomic E-state index is 0.0227. The zero-order valence-electron chi connectivity index (χ0n) is 19.4. The second-order valence-electron chi connectivity index (χ2n) is 8.02. The van der Waals surface area contributed by atoms with E-state index in [4.69, 9.17) is 33.2 Å². The van der Waals surface area contributed by atoms with E-state index in [0.717, 1.165) is 0 Å². The number of phenols is 1. The third-order valence-corrected chi connectivity index (χ3v) is 6.15. The number of aliphatic hydroxyl groups is 1. The molecule has 0 spiro atoms. The molecule has 1 fully saturated rings. The van der Waals surface area contributed by atoms with E-state index >= 15 is 0 Å². The van der Waals surface area contributed by atoms with Crippen molar-refractivity contribution < 1.29 is 48.2 Å². The Kier molecular flexibility index (Phi) is 6.90. The van der Waals surface area contributed by atoms with Crippen molar-refractivity contribution in [3.05, 3.63) is 35.4 Å². The van der Waals surface area contributed by atoms with Crippen LogP contribution in [0.2, 0.25) is 0 Å². The third-order valence-electron chi connectivity index (χ3n) is 6.15. The van der Waals surface area contributed by atoms with Crippen molar-refractivity contribution in [3.8, 4) is 34.5 Å². The molecule has 184 valence electrons. The third kappa shape index (κ3) is 4.26. The van der Waals surface area contributed by atoms with Gasteiger partial charge in [-0.05, 0) is 35.4 Å². The first-order valence-electron chi connectivity index (χ1n) is 10.7. The molecule has 10 heteroatoms. The summed E-state index contributed by atoms with van der Waals surface area (Å²) in [6.07, 6.45) is -1.19. The molecule has 0 bridgehead atoms. The van der Waals surface area contributed by atoms with Crippen LogP contribution >= 0.6 is 0 Å². The first-order chi connectivity index (χ1) is 16.4. The van der Waals surface area contributed by atoms with Crippen LogP contribution in [-0.4, -0.2) is 57.5 Å². The molecule has 1 saturated heterocycles. The summed E-state index contributed by atoms with van der Waals surface area (Å²) in [6, 6.07) is 6.85. The molecule has 4 atom stereocenters. The standard InChI is InChI=1S/C24H28O10/c1-12(26)31-10-16-15(9-25)22(14-7-19(30-4)24-20(8-14)32-11-33-24)34-23(16)13-5-17(28-2)21(27)18(6-13)29-3/h5-8,15-16,22-23,25,27H,9-11H2,1-4H3/t15-,16-,22+,23+/m0/s1. The van der Waals surface area contributed by atoms with Crippen LogP contribution in [0.1, 0.15) is 30.3 Å². The Morgan fingerprint density at radius 3 is 2.12 bits per heavy atom. The Balaban J connectivity index is 1.77. The first-order valence-corrected chi connectivity index (χ1v) is 10.7. The van der Waals surface area contributed by atoms with Crippen LogP contribution in [0.15, 0.2) is 24.3 Å². The fraction of sp³-hybridized carbons (Fsp3) is 0.458. The molecule has 2 heterocycles. The molecule has 0 amide bonds. The lowest BCUT2D eigenvalue weighted by Crippen LogP contribution is -2.25. The predicted molar refractivity (Wildman–Crippen MR) is 118 cm³/mol. The number of carbonyl (C=O) groups excluding carboxylic acids is 1. The van der Waals surface area contributed by atoms with Crippen molar-refractivity contribution in [1.82, 2.24) is 0 Å². The normalized spacial score (nSPS) is 23.0. The van der Waals surface area contributed by atoms with Crippen LogP contribution in [0.4, 0.5) is 0 Å². The SMILES string of the molecule is COc1cc([C@H]2O[C@H](c3cc(OC)c4c(c3)OCO4)[C@@H](CO)[C@@H]2COC(C)=O)cc(OC)c1O. The molecule has 0 unspecified atom stereocenters. The summed E-state index contributed by atoms with van der Waals surface area (Å²) in [5.41, 5.74) is 1.35. The number of fused-ring (bicyclic) bond motifs is 1. The summed E-state index contributed by atoms with van der Waals surface area (Å²) in [6.45, 7) is 1.20. The van der Waals surface area contributed by atoms with Crippen LogP contribution in [-0.2, 0) is 14.3 Å². The van der Waals surface area contributed by atoms with Gasteiger partial charge in [0.15, 0.2) is 23.0 Å². The molecule has 2 aromatic rings. The van der Waals surface area contributed by atoms with Gasteiger partial charge in [-0.15, -0.1) is 0 Å². The van der Waals surface area contributed by atoms with Crippen LogP contribution in [0.5, 0.6) is 34.5 Å². The first kappa shape index (κ1) is 23.8. The monoisotopic (exact) mass is 476 g/mol. The highest BCUT2D eigenvalue weighted by Gasteiger charge is 2.47. The van der Waals surface area contributed by atoms with Crippen LogP contribution in [0.25, 0.3) is 0 Å². The van der Waals surface area contributed by atoms with Gasteiger partial charge >= 0.3 is 5.97 Å². The zero-order valence-corrected chi connectivity index (χ0v) is 19.4. The minimum atomic E-state index is -0.610. The van der Waals surface area contributed by atoms with Gasteiger partial charge in [-0.2, -0.15) is 0 Å². The summed E-state index contributed by atoms with van der Waals surface area (Å²) in [7, 11) is 4.39. The second-order valence-corrected chi connectivity index (χ2v) is 8.02. The molecule has 4 rings (SSSR count). The number of aliphatic hydroxyl groups excluding tert-OH is 1. The molecule has 0 aromatic heterocycles. The maximum Gasteiger partial charge on any atom is 0.302 e. The second kappa shape index (κ2) is 9.86. The van der Waals surface area contributed by atoms with Gasteiger partial charge in [0.25, 0.3) is 0 Å². The maximum absolute atomic E-state index is 11.6. The van der Waals surface area contributed by atoms with Crippen LogP contribution in [0, 0.1) is 11.8 Å². The number of benzene rings is 2. The Morgan fingerprint density at radius 1 is 0.941 bits per heavy atom. The average molecular weight is 476 g/mol. The molecule has 2 aliphatic rings. The molecule has 2 N–H and O–H groups in total. The Morgan fingerprint density at radius 2 is 1.53 bits per heavy atom. The van der Waals surface area contributed by atoms with E-state index in [1.165, 1.54) is 28.3 Å². The van der Waals surface area contributed by atoms with Gasteiger partial charge in [-0.1, -0.05) is 0 Å². The van der Waals surface area contributed by atoms with Crippen molar-refractivity contribution in [3.63, 3.8) is 0 Å². The number of methoxy groups -OCH3 is 3. The fourth-order valence-electron chi connectivity index (χ4n) is 4.51. The summed E-state index contributed by atoms with van der Waals surface area (Å²) in [5, 5.41) is 20.7. The largest absolute Gasteiger partial charge is 0.502 e. The summed E-state index contributed by atoms with van der Waals surface area (Å²) in [4.78, 5) is 11.6. The van der Waals surface area contributed by atoms with E-state index in [1.54, 1.807) is 24.3 Å². The highest BCUT2D eigenvalue weighted by Crippen LogP contribution is 2.53. The van der Waals surface area contributed by atoms with Crippen LogP contribution < -0.4 is 23.7 Å². The zero-order chi connectivity index (χ0) is 24.4. The molecular formula is C24H28O10. The average Bonchev–Trinajstić information content (AvgIpc) is 3.46. The van der Waals surface area contributed by atoms with Gasteiger partial charge < -0.3 is 43.4 Å². The van der Waals surface area contributed by atoms with E-state index in [9.17, 15) is 15.0 Å². The quantitative estimate of drug-likeness (QED) is 0.550. The molecule has 0 aliphatic carbocycles. The number of ether oxygens (including phenoxy) is 7. The smallest absolute Gasteiger partial charge is 0.302 e. The number of rotatable bonds is 8. The molecule has 34 heavy (non-hydrogen) atoms. The molecule has 2 aliphatic heterocycles. The summed E-state index contributed by atoms with van der Waals surface area (Å²) in [5.74, 6) is 0.501. The summed E-state index contributed by atoms with van der Waals surface area (Å²) >= 11 is 0. The van der Waals surface area contributed by atoms with E-state index in [2.05, 4.69) is 0 Å². The molecule has 10 nitrogen and oxygen atoms in total. The van der Waals surface area contributed by atoms with Crippen molar-refractivity contribution in [1.29, 1.82) is 0 Å². The number of hydrogen-bond acceptors (Lipinski definition) is 10. The van der Waals surface area contributed by atoms with Gasteiger partial charge in [-0.25, -0.2) is 0 Å². The van der Waals surface area contributed by atoms with Crippen molar-refractivity contribution in [2.24, 2.45) is 11.8 Å². The van der Waals surface area contributed by atoms with Gasteiger partial charge in [0.1, 0.15) is 0 Å². The van der Waals surface area contributed by atoms with Gasteiger partial charge in [-0.3, -0.25) is 4.79 Å². The molecule has 0 radical (unpaired) electrons. The van der Waals surface area contributed by atoms with Crippen molar-refractivity contribution in [2.75, 3.05) is 41.3 Å². The van der Waals surface area contributed by atoms with Gasteiger partial charge in [0, 0.05) is 25.4 Å². The van der Waals surface area contributed by atoms with Gasteiger partial charge in [0.2, 0.25) is 18.3 Å². The van der Waals surface area contributed by atoms with Crippen molar-refractivity contribution >= 4 is 5.97 Å². The molecule has 0 saturated carbocycles. The van der Waals surface area contributed by atoms with Crippen molar-refractivity contribution in [2.45, 2.75) is 19.1 Å². The maximum atomic E-state index is 11.6. The summed E-state index contributed by atoms with van der Waals surface area (Å²) < 4.78 is 38.9. The lowest BCUT2D eigenvalue weighted by atomic mass is 9.83. The fourth-order valence-corrected chi connectivity index (χ4v) is 4.51. The Bertz CT molecular complexity index is 1030. The minimum Gasteiger partial charge on any atom is -0.502 e. The van der Waals surface area contributed by atoms with Gasteiger partial charge in [0.05, 0.1) is 40.1 Å².